The first-order valence-corrected chi connectivity index (χ1v) is 44.1. The van der Waals surface area contributed by atoms with E-state index in [-0.39, 0.29) is 5.41 Å². The van der Waals surface area contributed by atoms with Crippen LogP contribution in [0.25, 0.3) is 276 Å². The summed E-state index contributed by atoms with van der Waals surface area (Å²) >= 11 is 0. The summed E-state index contributed by atoms with van der Waals surface area (Å²) < 4.78 is 6.55. The molecule has 0 saturated heterocycles. The second-order valence-electron chi connectivity index (χ2n) is 35.3. The lowest BCUT2D eigenvalue weighted by atomic mass is 9.81. The van der Waals surface area contributed by atoms with Crippen molar-refractivity contribution in [2.45, 2.75) is 19.3 Å². The Bertz CT molecular complexity index is 8690. The number of hydrogen-bond acceptors (Lipinski definition) is 1. The van der Waals surface area contributed by atoms with Gasteiger partial charge in [0.25, 0.3) is 0 Å². The molecule has 0 spiro atoms. The molecular formula is C125H76O. The molecule has 0 fully saturated rings. The highest BCUT2D eigenvalue weighted by molar-refractivity contribution is 6.29. The quantitative estimate of drug-likeness (QED) is 0.126. The first-order valence-electron chi connectivity index (χ1n) is 44.1. The molecule has 0 radical (unpaired) electrons. The third-order valence-electron chi connectivity index (χ3n) is 28.6. The van der Waals surface area contributed by atoms with Gasteiger partial charge in [-0.05, 0) is 308 Å². The average Bonchev–Trinajstić information content (AvgIpc) is 1.51. The van der Waals surface area contributed by atoms with Gasteiger partial charge in [-0.25, -0.2) is 0 Å². The topological polar surface area (TPSA) is 13.1 Å². The first-order chi connectivity index (χ1) is 62.3. The predicted molar refractivity (Wildman–Crippen MR) is 532 cm³/mol. The number of para-hydroxylation sites is 1. The fraction of sp³-hybridized carbons (Fsp3) is 0.0240. The maximum Gasteiger partial charge on any atom is 0.135 e. The first kappa shape index (κ1) is 70.6. The van der Waals surface area contributed by atoms with E-state index in [9.17, 15) is 0 Å². The molecule has 0 atom stereocenters. The Balaban J connectivity index is 0.683. The molecular weight excluding hydrogens is 1520 g/mol. The summed E-state index contributed by atoms with van der Waals surface area (Å²) in [6.07, 6.45) is 0. The summed E-state index contributed by atoms with van der Waals surface area (Å²) in [7, 11) is 0. The van der Waals surface area contributed by atoms with Crippen molar-refractivity contribution in [2.24, 2.45) is 0 Å². The van der Waals surface area contributed by atoms with Crippen LogP contribution in [0.2, 0.25) is 0 Å². The Morgan fingerprint density at radius 3 is 1.25 bits per heavy atom. The van der Waals surface area contributed by atoms with Crippen LogP contribution < -0.4 is 0 Å². The summed E-state index contributed by atoms with van der Waals surface area (Å²) in [6.45, 7) is 4.73. The number of fused-ring (bicyclic) bond motifs is 17. The Morgan fingerprint density at radius 1 is 0.151 bits per heavy atom. The van der Waals surface area contributed by atoms with Gasteiger partial charge in [0, 0.05) is 16.2 Å². The van der Waals surface area contributed by atoms with Crippen LogP contribution in [0.5, 0.6) is 0 Å². The standard InChI is InChI=1S/C125H76O/c1-125(2)111-44-18-16-36-94(111)108-70-81(53-66-112(108)125)74-46-49-77(50-47-74)106-72-110(116(79-29-10-5-11-30-79)124-101-41-21-33-78-32-20-40-100(115(78)101)123(106)124)93-61-65-104-118-97(93)39-23-43-103(118)121-99(62-57-86(119(104)121)76-27-8-4-9-28-76)91-55-52-82(83-54-67-114-109(71-83)95-37-17-19-45-113(95)126-114)69-107(91)92-60-64-105-117-96(92)38-22-42-102(117)120-87(84-51-48-73-24-12-13-31-80(73)68-84)58-63-98(122(105)120)90-59-56-85(75-25-6-3-7-26-75)88-34-14-15-35-89(88)90/h3-72H,1-2H3. The molecule has 0 aliphatic heterocycles. The van der Waals surface area contributed by atoms with E-state index in [2.05, 4.69) is 438 Å². The smallest absolute Gasteiger partial charge is 0.135 e. The minimum absolute atomic E-state index is 0.0706. The minimum Gasteiger partial charge on any atom is -0.456 e. The minimum atomic E-state index is -0.0706. The van der Waals surface area contributed by atoms with Crippen LogP contribution in [-0.2, 0) is 5.41 Å². The molecule has 1 nitrogen and oxygen atoms in total. The molecule has 4 aliphatic carbocycles. The molecule has 126 heavy (non-hydrogen) atoms. The molecule has 1 heteroatoms. The normalized spacial score (nSPS) is 12.7. The second-order valence-corrected chi connectivity index (χ2v) is 35.3. The van der Waals surface area contributed by atoms with E-state index < -0.39 is 0 Å². The summed E-state index contributed by atoms with van der Waals surface area (Å²) in [6, 6.07) is 161. The van der Waals surface area contributed by atoms with Crippen LogP contribution in [-0.4, -0.2) is 0 Å². The van der Waals surface area contributed by atoms with Gasteiger partial charge in [-0.15, -0.1) is 0 Å². The van der Waals surface area contributed by atoms with Gasteiger partial charge < -0.3 is 4.42 Å². The van der Waals surface area contributed by atoms with E-state index in [1.807, 2.05) is 0 Å². The van der Waals surface area contributed by atoms with E-state index in [0.29, 0.717) is 0 Å². The monoisotopic (exact) mass is 1590 g/mol. The summed E-state index contributed by atoms with van der Waals surface area (Å²) in [5, 5.41) is 14.6. The molecule has 23 aromatic rings. The Kier molecular flexibility index (Phi) is 15.1. The maximum atomic E-state index is 6.55. The van der Waals surface area contributed by atoms with Gasteiger partial charge in [0.15, 0.2) is 0 Å². The van der Waals surface area contributed by atoms with Gasteiger partial charge in [-0.3, -0.25) is 0 Å². The average molecular weight is 1590 g/mol. The molecule has 0 bridgehead atoms. The van der Waals surface area contributed by atoms with Crippen LogP contribution in [0.3, 0.4) is 0 Å². The molecule has 0 saturated carbocycles. The largest absolute Gasteiger partial charge is 0.456 e. The van der Waals surface area contributed by atoms with Gasteiger partial charge in [0.2, 0.25) is 0 Å². The summed E-state index contributed by atoms with van der Waals surface area (Å²) in [5.74, 6) is 0. The number of rotatable bonds is 11. The highest BCUT2D eigenvalue weighted by Crippen LogP contribution is 2.64. The van der Waals surface area contributed by atoms with Gasteiger partial charge in [-0.1, -0.05) is 396 Å². The van der Waals surface area contributed by atoms with E-state index in [1.54, 1.807) is 0 Å². The van der Waals surface area contributed by atoms with Crippen LogP contribution in [0.1, 0.15) is 25.0 Å². The fourth-order valence-corrected chi connectivity index (χ4v) is 22.9. The molecule has 0 amide bonds. The lowest BCUT2D eigenvalue weighted by Crippen LogP contribution is -2.14. The van der Waals surface area contributed by atoms with Crippen molar-refractivity contribution in [3.8, 4) is 200 Å². The van der Waals surface area contributed by atoms with E-state index in [4.69, 9.17) is 4.42 Å². The molecule has 0 N–H and O–H groups in total. The molecule has 4 aliphatic rings. The van der Waals surface area contributed by atoms with E-state index in [0.717, 1.165) is 44.2 Å². The van der Waals surface area contributed by atoms with Crippen molar-refractivity contribution in [3.05, 3.63) is 436 Å². The van der Waals surface area contributed by atoms with Crippen LogP contribution in [0.4, 0.5) is 0 Å². The zero-order chi connectivity index (χ0) is 82.7. The second kappa shape index (κ2) is 27.0. The SMILES string of the molecule is CC1(C)c2ccccc2-c2cc(-c3ccc(-c4cc(-c5ccc6c7c(cccc57)-c5c(-c7ccc(-c8ccc9oc%10ccccc%10c9c8)cc7-c7ccc8c9c(cccc79)-c7c(-c9ccc%10ccccc%10c9)ccc(-c9ccc(-c%10ccccc%10)c%10ccccc9%10)c7-8)ccc(-c7ccccc7)c5-6)c(-c5ccccc5)c5c4-c4cccc6cccc-5c46)cc3)ccc21. The number of benzene rings is 22. The lowest BCUT2D eigenvalue weighted by Gasteiger charge is -2.22. The van der Waals surface area contributed by atoms with Gasteiger partial charge in [-0.2, -0.15) is 0 Å². The molecule has 582 valence electrons. The summed E-state index contributed by atoms with van der Waals surface area (Å²) in [5.41, 5.74) is 48.4. The molecule has 1 aromatic heterocycles. The Morgan fingerprint density at radius 2 is 0.548 bits per heavy atom. The van der Waals surface area contributed by atoms with Crippen LogP contribution in [0.15, 0.2) is 429 Å². The Hall–Kier alpha value is -16.1. The molecule has 0 unspecified atom stereocenters. The maximum absolute atomic E-state index is 6.55. The molecule has 1 heterocycles. The predicted octanol–water partition coefficient (Wildman–Crippen LogP) is 34.9. The zero-order valence-corrected chi connectivity index (χ0v) is 69.3. The van der Waals surface area contributed by atoms with Crippen LogP contribution in [0, 0.1) is 0 Å². The van der Waals surface area contributed by atoms with Crippen molar-refractivity contribution >= 4 is 75.8 Å². The lowest BCUT2D eigenvalue weighted by molar-refractivity contribution is 0.660. The van der Waals surface area contributed by atoms with Crippen molar-refractivity contribution in [2.75, 3.05) is 0 Å². The number of hydrogen-bond donors (Lipinski definition) is 0. The van der Waals surface area contributed by atoms with Crippen molar-refractivity contribution in [1.82, 2.24) is 0 Å². The van der Waals surface area contributed by atoms with Gasteiger partial charge in [0.05, 0.1) is 0 Å². The van der Waals surface area contributed by atoms with Crippen molar-refractivity contribution in [3.63, 3.8) is 0 Å². The Labute approximate surface area is 730 Å². The van der Waals surface area contributed by atoms with Crippen LogP contribution >= 0.6 is 0 Å². The molecule has 27 rings (SSSR count). The zero-order valence-electron chi connectivity index (χ0n) is 69.3. The number of furan rings is 1. The van der Waals surface area contributed by atoms with Crippen molar-refractivity contribution < 1.29 is 4.42 Å². The van der Waals surface area contributed by atoms with E-state index in [1.165, 1.54) is 243 Å². The third kappa shape index (κ3) is 10.3. The summed E-state index contributed by atoms with van der Waals surface area (Å²) in [4.78, 5) is 0. The third-order valence-corrected chi connectivity index (χ3v) is 28.6. The van der Waals surface area contributed by atoms with Gasteiger partial charge in [0.1, 0.15) is 11.2 Å². The van der Waals surface area contributed by atoms with E-state index >= 15 is 0 Å². The van der Waals surface area contributed by atoms with Crippen molar-refractivity contribution in [1.29, 1.82) is 0 Å². The van der Waals surface area contributed by atoms with Gasteiger partial charge >= 0.3 is 0 Å². The highest BCUT2D eigenvalue weighted by atomic mass is 16.3. The fourth-order valence-electron chi connectivity index (χ4n) is 22.9. The highest BCUT2D eigenvalue weighted by Gasteiger charge is 2.38. The molecule has 22 aromatic carbocycles.